The molecule has 0 amide bonds. The number of piperidine rings is 1. The summed E-state index contributed by atoms with van der Waals surface area (Å²) in [6.45, 7) is 3.83. The number of rotatable bonds is 6. The molecule has 6 nitrogen and oxygen atoms in total. The molecule has 1 aromatic heterocycles. The molecule has 0 saturated carbocycles. The first kappa shape index (κ1) is 24.1. The standard InChI is InChI=1S/C29H29N3O3S/c1-21-29(24-13-15-31(16-14-24)36(33,34)26-10-6-7-22(18-26)19-30)27-11-3-4-12-28(27)32(21)20-23-8-5-9-25(17-23)35-2/h3-12,17-18,24H,13-16,20H2,1-2H3. The topological polar surface area (TPSA) is 75.3 Å². The van der Waals surface area contributed by atoms with Crippen molar-refractivity contribution in [2.24, 2.45) is 0 Å². The molecule has 0 aliphatic carbocycles. The van der Waals surface area contributed by atoms with E-state index in [0.29, 0.717) is 18.7 Å². The summed E-state index contributed by atoms with van der Waals surface area (Å²) in [5, 5.41) is 10.4. The maximum Gasteiger partial charge on any atom is 0.243 e. The predicted molar refractivity (Wildman–Crippen MR) is 141 cm³/mol. The molecule has 3 aromatic carbocycles. The number of nitrogens with zero attached hydrogens (tertiary/aromatic N) is 3. The van der Waals surface area contributed by atoms with E-state index in [-0.39, 0.29) is 10.8 Å². The van der Waals surface area contributed by atoms with Gasteiger partial charge in [-0.2, -0.15) is 9.57 Å². The van der Waals surface area contributed by atoms with Crippen molar-refractivity contribution in [1.82, 2.24) is 8.87 Å². The fraction of sp³-hybridized carbons (Fsp3) is 0.276. The molecule has 0 bridgehead atoms. The predicted octanol–water partition coefficient (Wildman–Crippen LogP) is 5.45. The molecule has 2 heterocycles. The summed E-state index contributed by atoms with van der Waals surface area (Å²) in [4.78, 5) is 0.186. The van der Waals surface area contributed by atoms with Gasteiger partial charge in [0.25, 0.3) is 0 Å². The van der Waals surface area contributed by atoms with Crippen molar-refractivity contribution in [1.29, 1.82) is 5.26 Å². The van der Waals surface area contributed by atoms with Crippen LogP contribution in [0.25, 0.3) is 10.9 Å². The molecule has 0 spiro atoms. The van der Waals surface area contributed by atoms with E-state index in [1.807, 2.05) is 18.2 Å². The lowest BCUT2D eigenvalue weighted by Gasteiger charge is -2.31. The number of para-hydroxylation sites is 1. The van der Waals surface area contributed by atoms with E-state index >= 15 is 0 Å². The summed E-state index contributed by atoms with van der Waals surface area (Å²) in [5.74, 6) is 1.12. The maximum atomic E-state index is 13.2. The quantitative estimate of drug-likeness (QED) is 0.354. The summed E-state index contributed by atoms with van der Waals surface area (Å²) < 4.78 is 35.8. The van der Waals surface area contributed by atoms with Crippen LogP contribution in [0, 0.1) is 18.3 Å². The smallest absolute Gasteiger partial charge is 0.243 e. The number of hydrogen-bond donors (Lipinski definition) is 0. The molecule has 1 saturated heterocycles. The molecule has 36 heavy (non-hydrogen) atoms. The van der Waals surface area contributed by atoms with Crippen LogP contribution in [0.4, 0.5) is 0 Å². The van der Waals surface area contributed by atoms with Gasteiger partial charge in [0, 0.05) is 36.2 Å². The van der Waals surface area contributed by atoms with Crippen LogP contribution in [-0.2, 0) is 16.6 Å². The third kappa shape index (κ3) is 4.39. The van der Waals surface area contributed by atoms with E-state index in [1.165, 1.54) is 33.8 Å². The zero-order valence-electron chi connectivity index (χ0n) is 20.5. The molecule has 5 rings (SSSR count). The van der Waals surface area contributed by atoms with Crippen molar-refractivity contribution in [2.45, 2.75) is 37.1 Å². The second-order valence-corrected chi connectivity index (χ2v) is 11.2. The average molecular weight is 500 g/mol. The first-order valence-electron chi connectivity index (χ1n) is 12.1. The van der Waals surface area contributed by atoms with Gasteiger partial charge in [0.15, 0.2) is 0 Å². The Morgan fingerprint density at radius 2 is 1.75 bits per heavy atom. The number of ether oxygens (including phenoxy) is 1. The summed E-state index contributed by atoms with van der Waals surface area (Å²) in [6, 6.07) is 24.9. The first-order valence-corrected chi connectivity index (χ1v) is 13.6. The third-order valence-corrected chi connectivity index (χ3v) is 9.11. The number of fused-ring (bicyclic) bond motifs is 1. The van der Waals surface area contributed by atoms with Crippen molar-refractivity contribution in [3.8, 4) is 11.8 Å². The van der Waals surface area contributed by atoms with Crippen LogP contribution in [0.15, 0.2) is 77.7 Å². The highest BCUT2D eigenvalue weighted by molar-refractivity contribution is 7.89. The average Bonchev–Trinajstić information content (AvgIpc) is 3.19. The molecule has 1 aliphatic rings. The Morgan fingerprint density at radius 1 is 1.00 bits per heavy atom. The molecular weight excluding hydrogens is 470 g/mol. The van der Waals surface area contributed by atoms with Gasteiger partial charge in [-0.3, -0.25) is 0 Å². The van der Waals surface area contributed by atoms with E-state index in [4.69, 9.17) is 10.00 Å². The number of benzene rings is 3. The second-order valence-electron chi connectivity index (χ2n) is 9.27. The summed E-state index contributed by atoms with van der Waals surface area (Å²) in [7, 11) is -1.95. The van der Waals surface area contributed by atoms with Gasteiger partial charge in [0.2, 0.25) is 10.0 Å². The minimum Gasteiger partial charge on any atom is -0.497 e. The zero-order valence-corrected chi connectivity index (χ0v) is 21.3. The Labute approximate surface area is 212 Å². The van der Waals surface area contributed by atoms with E-state index in [0.717, 1.165) is 25.1 Å². The number of aromatic nitrogens is 1. The van der Waals surface area contributed by atoms with Crippen molar-refractivity contribution in [3.63, 3.8) is 0 Å². The molecule has 0 unspecified atom stereocenters. The lowest BCUT2D eigenvalue weighted by molar-refractivity contribution is 0.319. The van der Waals surface area contributed by atoms with E-state index in [1.54, 1.807) is 29.6 Å². The minimum absolute atomic E-state index is 0.186. The maximum absolute atomic E-state index is 13.2. The Bertz CT molecular complexity index is 1560. The van der Waals surface area contributed by atoms with Gasteiger partial charge in [0.05, 0.1) is 23.6 Å². The van der Waals surface area contributed by atoms with Crippen molar-refractivity contribution in [3.05, 3.63) is 95.2 Å². The van der Waals surface area contributed by atoms with Crippen LogP contribution in [0.1, 0.15) is 41.1 Å². The fourth-order valence-corrected chi connectivity index (χ4v) is 6.91. The number of hydrogen-bond acceptors (Lipinski definition) is 4. The van der Waals surface area contributed by atoms with Crippen molar-refractivity contribution < 1.29 is 13.2 Å². The number of sulfonamides is 1. The largest absolute Gasteiger partial charge is 0.497 e. The van der Waals surface area contributed by atoms with Gasteiger partial charge in [-0.25, -0.2) is 8.42 Å². The van der Waals surface area contributed by atoms with Crippen LogP contribution in [0.5, 0.6) is 5.75 Å². The summed E-state index contributed by atoms with van der Waals surface area (Å²) in [5.41, 5.74) is 5.26. The zero-order chi connectivity index (χ0) is 25.3. The third-order valence-electron chi connectivity index (χ3n) is 7.22. The monoisotopic (exact) mass is 499 g/mol. The highest BCUT2D eigenvalue weighted by atomic mass is 32.2. The van der Waals surface area contributed by atoms with Crippen molar-refractivity contribution in [2.75, 3.05) is 20.2 Å². The molecular formula is C29H29N3O3S. The Morgan fingerprint density at radius 3 is 2.50 bits per heavy atom. The SMILES string of the molecule is COc1cccc(Cn2c(C)c(C3CCN(S(=O)(=O)c4cccc(C#N)c4)CC3)c3ccccc32)c1. The lowest BCUT2D eigenvalue weighted by atomic mass is 9.88. The first-order chi connectivity index (χ1) is 17.4. The number of methoxy groups -OCH3 is 1. The summed E-state index contributed by atoms with van der Waals surface area (Å²) in [6.07, 6.45) is 1.51. The van der Waals surface area contributed by atoms with Crippen molar-refractivity contribution >= 4 is 20.9 Å². The highest BCUT2D eigenvalue weighted by Crippen LogP contribution is 2.38. The molecule has 0 N–H and O–H groups in total. The van der Waals surface area contributed by atoms with Gasteiger partial charge in [-0.15, -0.1) is 0 Å². The van der Waals surface area contributed by atoms with Crippen LogP contribution < -0.4 is 4.74 Å². The molecule has 0 atom stereocenters. The molecule has 7 heteroatoms. The Kier molecular flexibility index (Phi) is 6.57. The molecule has 4 aromatic rings. The molecule has 184 valence electrons. The van der Waals surface area contributed by atoms with Crippen LogP contribution in [0.2, 0.25) is 0 Å². The van der Waals surface area contributed by atoms with Crippen LogP contribution in [-0.4, -0.2) is 37.5 Å². The summed E-state index contributed by atoms with van der Waals surface area (Å²) >= 11 is 0. The van der Waals surface area contributed by atoms with Gasteiger partial charge in [-0.05, 0) is 73.2 Å². The number of nitriles is 1. The van der Waals surface area contributed by atoms with Gasteiger partial charge in [0.1, 0.15) is 5.75 Å². The van der Waals surface area contributed by atoms with E-state index in [2.05, 4.69) is 47.9 Å². The van der Waals surface area contributed by atoms with Gasteiger partial charge < -0.3 is 9.30 Å². The van der Waals surface area contributed by atoms with Gasteiger partial charge >= 0.3 is 0 Å². The Balaban J connectivity index is 1.42. The fourth-order valence-electron chi connectivity index (χ4n) is 5.39. The Hall–Kier alpha value is -3.60. The molecule has 1 fully saturated rings. The lowest BCUT2D eigenvalue weighted by Crippen LogP contribution is -2.38. The molecule has 1 aliphatic heterocycles. The normalized spacial score (nSPS) is 15.1. The highest BCUT2D eigenvalue weighted by Gasteiger charge is 2.32. The van der Waals surface area contributed by atoms with E-state index in [9.17, 15) is 8.42 Å². The van der Waals surface area contributed by atoms with Crippen LogP contribution in [0.3, 0.4) is 0 Å². The second kappa shape index (κ2) is 9.81. The van der Waals surface area contributed by atoms with E-state index < -0.39 is 10.0 Å². The minimum atomic E-state index is -3.63. The van der Waals surface area contributed by atoms with Gasteiger partial charge in [-0.1, -0.05) is 36.4 Å². The molecule has 0 radical (unpaired) electrons. The van der Waals surface area contributed by atoms with Crippen LogP contribution >= 0.6 is 0 Å².